The van der Waals surface area contributed by atoms with Crippen LogP contribution in [-0.4, -0.2) is 11.8 Å². The highest BCUT2D eigenvalue weighted by molar-refractivity contribution is 7.22. The summed E-state index contributed by atoms with van der Waals surface area (Å²) in [6, 6.07) is 22.2. The molecule has 2 heterocycles. The van der Waals surface area contributed by atoms with Crippen LogP contribution < -0.4 is 10.6 Å². The summed E-state index contributed by atoms with van der Waals surface area (Å²) in [6.45, 7) is 0. The summed E-state index contributed by atoms with van der Waals surface area (Å²) in [6.07, 6.45) is 0. The molecule has 32 heavy (non-hydrogen) atoms. The molecule has 2 N–H and O–H groups in total. The Kier molecular flexibility index (Phi) is 5.61. The zero-order valence-corrected chi connectivity index (χ0v) is 19.5. The number of hydrogen-bond donors (Lipinski definition) is 2. The second-order valence-electron chi connectivity index (χ2n) is 6.97. The van der Waals surface area contributed by atoms with Crippen molar-refractivity contribution in [1.29, 1.82) is 0 Å². The van der Waals surface area contributed by atoms with E-state index in [-0.39, 0.29) is 11.8 Å². The zero-order chi connectivity index (χ0) is 22.2. The standard InChI is InChI=1S/C24H14Cl2N2O2S2/c25-19-15-5-1-3-7-17(15)31-21(19)23(29)27-13-9-11-14(12-10-13)28-24(30)22-20(26)16-6-2-4-8-18(16)32-22/h1-12H,(H,27,29)(H,28,30). The fraction of sp³-hybridized carbons (Fsp3) is 0. The number of nitrogens with one attached hydrogen (secondary N) is 2. The maximum atomic E-state index is 12.7. The maximum Gasteiger partial charge on any atom is 0.267 e. The molecule has 0 aliphatic heterocycles. The number of fused-ring (bicyclic) bond motifs is 2. The predicted octanol–water partition coefficient (Wildman–Crippen LogP) is 7.93. The molecule has 0 saturated heterocycles. The highest BCUT2D eigenvalue weighted by Crippen LogP contribution is 2.36. The SMILES string of the molecule is O=C(Nc1ccc(NC(=O)c2sc3ccccc3c2Cl)cc1)c1sc2ccccc2c1Cl. The van der Waals surface area contributed by atoms with Crippen LogP contribution in [-0.2, 0) is 0 Å². The fourth-order valence-electron chi connectivity index (χ4n) is 3.33. The molecule has 0 spiro atoms. The van der Waals surface area contributed by atoms with Gasteiger partial charge in [-0.25, -0.2) is 0 Å². The number of amides is 2. The van der Waals surface area contributed by atoms with Gasteiger partial charge in [0.15, 0.2) is 0 Å². The number of rotatable bonds is 4. The molecule has 0 fully saturated rings. The number of anilines is 2. The molecule has 4 nitrogen and oxygen atoms in total. The van der Waals surface area contributed by atoms with Crippen LogP contribution >= 0.6 is 45.9 Å². The number of carbonyl (C=O) groups is 2. The minimum atomic E-state index is -0.273. The van der Waals surface area contributed by atoms with Crippen LogP contribution in [0.25, 0.3) is 20.2 Å². The van der Waals surface area contributed by atoms with Gasteiger partial charge in [-0.3, -0.25) is 9.59 Å². The van der Waals surface area contributed by atoms with E-state index in [0.717, 1.165) is 20.2 Å². The van der Waals surface area contributed by atoms with Gasteiger partial charge in [-0.15, -0.1) is 22.7 Å². The summed E-state index contributed by atoms with van der Waals surface area (Å²) in [5.74, 6) is -0.546. The lowest BCUT2D eigenvalue weighted by atomic mass is 10.2. The van der Waals surface area contributed by atoms with Crippen molar-refractivity contribution in [3.8, 4) is 0 Å². The lowest BCUT2D eigenvalue weighted by Gasteiger charge is -2.07. The average molecular weight is 497 g/mol. The summed E-state index contributed by atoms with van der Waals surface area (Å²) < 4.78 is 1.92. The van der Waals surface area contributed by atoms with E-state index in [9.17, 15) is 9.59 Å². The summed E-state index contributed by atoms with van der Waals surface area (Å²) in [5, 5.41) is 8.34. The summed E-state index contributed by atoms with van der Waals surface area (Å²) in [5.41, 5.74) is 1.20. The number of carbonyl (C=O) groups excluding carboxylic acids is 2. The van der Waals surface area contributed by atoms with Gasteiger partial charge in [0.25, 0.3) is 11.8 Å². The molecule has 0 bridgehead atoms. The van der Waals surface area contributed by atoms with E-state index < -0.39 is 0 Å². The van der Waals surface area contributed by atoms with Crippen molar-refractivity contribution in [3.05, 3.63) is 92.6 Å². The van der Waals surface area contributed by atoms with E-state index in [1.54, 1.807) is 24.3 Å². The Morgan fingerprint density at radius 3 is 1.34 bits per heavy atom. The first kappa shape index (κ1) is 21.0. The lowest BCUT2D eigenvalue weighted by Crippen LogP contribution is -2.12. The second kappa shape index (κ2) is 8.56. The minimum Gasteiger partial charge on any atom is -0.321 e. The van der Waals surface area contributed by atoms with Gasteiger partial charge in [0.05, 0.1) is 10.0 Å². The van der Waals surface area contributed by atoms with Crippen LogP contribution in [0.5, 0.6) is 0 Å². The first-order valence-corrected chi connectivity index (χ1v) is 12.0. The van der Waals surface area contributed by atoms with E-state index in [2.05, 4.69) is 10.6 Å². The molecule has 5 rings (SSSR count). The van der Waals surface area contributed by atoms with Gasteiger partial charge in [0, 0.05) is 31.5 Å². The number of benzene rings is 3. The smallest absolute Gasteiger partial charge is 0.267 e. The summed E-state index contributed by atoms with van der Waals surface area (Å²) in [4.78, 5) is 26.3. The normalized spacial score (nSPS) is 11.1. The Hall–Kier alpha value is -2.90. The van der Waals surface area contributed by atoms with Gasteiger partial charge in [-0.1, -0.05) is 59.6 Å². The van der Waals surface area contributed by atoms with E-state index in [1.807, 2.05) is 48.5 Å². The topological polar surface area (TPSA) is 58.2 Å². The summed E-state index contributed by atoms with van der Waals surface area (Å²) in [7, 11) is 0. The Bertz CT molecular complexity index is 1380. The van der Waals surface area contributed by atoms with Crippen molar-refractivity contribution in [1.82, 2.24) is 0 Å². The van der Waals surface area contributed by atoms with Crippen LogP contribution in [0, 0.1) is 0 Å². The Labute approximate surface area is 201 Å². The quantitative estimate of drug-likeness (QED) is 0.265. The monoisotopic (exact) mass is 496 g/mol. The van der Waals surface area contributed by atoms with Gasteiger partial charge in [0.1, 0.15) is 9.75 Å². The van der Waals surface area contributed by atoms with Crippen molar-refractivity contribution in [2.75, 3.05) is 10.6 Å². The van der Waals surface area contributed by atoms with Gasteiger partial charge in [-0.05, 0) is 36.4 Å². The molecule has 0 radical (unpaired) electrons. The molecular formula is C24H14Cl2N2O2S2. The third kappa shape index (κ3) is 3.87. The highest BCUT2D eigenvalue weighted by atomic mass is 35.5. The molecule has 5 aromatic rings. The minimum absolute atomic E-state index is 0.273. The first-order chi connectivity index (χ1) is 15.5. The van der Waals surface area contributed by atoms with Crippen LogP contribution in [0.4, 0.5) is 11.4 Å². The summed E-state index contributed by atoms with van der Waals surface area (Å²) >= 11 is 15.5. The zero-order valence-electron chi connectivity index (χ0n) is 16.3. The van der Waals surface area contributed by atoms with E-state index >= 15 is 0 Å². The fourth-order valence-corrected chi connectivity index (χ4v) is 6.16. The molecule has 3 aromatic carbocycles. The molecule has 8 heteroatoms. The van der Waals surface area contributed by atoms with Crippen molar-refractivity contribution in [3.63, 3.8) is 0 Å². The number of thiophene rings is 2. The Morgan fingerprint density at radius 1 is 0.594 bits per heavy atom. The van der Waals surface area contributed by atoms with Gasteiger partial charge in [-0.2, -0.15) is 0 Å². The van der Waals surface area contributed by atoms with E-state index in [1.165, 1.54) is 22.7 Å². The first-order valence-electron chi connectivity index (χ1n) is 9.58. The molecule has 158 valence electrons. The van der Waals surface area contributed by atoms with E-state index in [4.69, 9.17) is 23.2 Å². The molecule has 2 aromatic heterocycles. The second-order valence-corrected chi connectivity index (χ2v) is 9.83. The predicted molar refractivity (Wildman–Crippen MR) is 136 cm³/mol. The third-order valence-corrected chi connectivity index (χ3v) is 8.23. The van der Waals surface area contributed by atoms with Crippen LogP contribution in [0.15, 0.2) is 72.8 Å². The molecule has 0 saturated carbocycles. The Balaban J connectivity index is 1.30. The number of hydrogen-bond acceptors (Lipinski definition) is 4. The van der Waals surface area contributed by atoms with Gasteiger partial charge in [0.2, 0.25) is 0 Å². The molecule has 0 unspecified atom stereocenters. The van der Waals surface area contributed by atoms with Crippen molar-refractivity contribution in [2.45, 2.75) is 0 Å². The average Bonchev–Trinajstić information content (AvgIpc) is 3.33. The van der Waals surface area contributed by atoms with Gasteiger partial charge >= 0.3 is 0 Å². The molecule has 2 amide bonds. The van der Waals surface area contributed by atoms with Crippen LogP contribution in [0.2, 0.25) is 10.0 Å². The van der Waals surface area contributed by atoms with Gasteiger partial charge < -0.3 is 10.6 Å². The molecular weight excluding hydrogens is 483 g/mol. The van der Waals surface area contributed by atoms with Crippen molar-refractivity contribution < 1.29 is 9.59 Å². The third-order valence-electron chi connectivity index (χ3n) is 4.88. The Morgan fingerprint density at radius 2 is 0.969 bits per heavy atom. The highest BCUT2D eigenvalue weighted by Gasteiger charge is 2.18. The molecule has 0 aliphatic rings. The molecule has 0 aliphatic carbocycles. The molecule has 0 atom stereocenters. The maximum absolute atomic E-state index is 12.7. The van der Waals surface area contributed by atoms with Crippen molar-refractivity contribution >= 4 is 89.2 Å². The number of halogens is 2. The largest absolute Gasteiger partial charge is 0.321 e. The van der Waals surface area contributed by atoms with Crippen LogP contribution in [0.1, 0.15) is 19.3 Å². The van der Waals surface area contributed by atoms with E-state index in [0.29, 0.717) is 31.2 Å². The lowest BCUT2D eigenvalue weighted by molar-refractivity contribution is 0.102. The van der Waals surface area contributed by atoms with Crippen molar-refractivity contribution in [2.24, 2.45) is 0 Å². The van der Waals surface area contributed by atoms with Crippen LogP contribution in [0.3, 0.4) is 0 Å².